The molecule has 0 aromatic heterocycles. The van der Waals surface area contributed by atoms with Crippen molar-refractivity contribution in [1.82, 2.24) is 5.32 Å². The van der Waals surface area contributed by atoms with E-state index in [9.17, 15) is 4.79 Å². The van der Waals surface area contributed by atoms with Gasteiger partial charge in [-0.1, -0.05) is 6.92 Å². The minimum Gasteiger partial charge on any atom is -0.353 e. The first-order valence-electron chi connectivity index (χ1n) is 5.56. The summed E-state index contributed by atoms with van der Waals surface area (Å²) in [5.74, 6) is 3.19. The van der Waals surface area contributed by atoms with E-state index in [4.69, 9.17) is 0 Å². The van der Waals surface area contributed by atoms with Gasteiger partial charge in [-0.25, -0.2) is 0 Å². The van der Waals surface area contributed by atoms with Gasteiger partial charge in [0.1, 0.15) is 0 Å². The Morgan fingerprint density at radius 2 is 2.00 bits per heavy atom. The maximum Gasteiger partial charge on any atom is 0.223 e. The maximum atomic E-state index is 11.6. The molecule has 2 nitrogen and oxygen atoms in total. The van der Waals surface area contributed by atoms with Gasteiger partial charge < -0.3 is 5.32 Å². The standard InChI is InChI=1S/C11H17NO/c1-6-4-10(6)12-11(13)9-5-8(9)7-2-3-7/h6-10H,2-5H2,1H3,(H,12,13)/t6?,8-,9+,10?/m1/s1. The molecule has 0 radical (unpaired) electrons. The van der Waals surface area contributed by atoms with Crippen molar-refractivity contribution in [2.24, 2.45) is 23.7 Å². The maximum absolute atomic E-state index is 11.6. The number of carbonyl (C=O) groups is 1. The zero-order valence-electron chi connectivity index (χ0n) is 8.12. The Hall–Kier alpha value is -0.530. The quantitative estimate of drug-likeness (QED) is 0.700. The fraction of sp³-hybridized carbons (Fsp3) is 0.909. The lowest BCUT2D eigenvalue weighted by molar-refractivity contribution is -0.122. The van der Waals surface area contributed by atoms with Gasteiger partial charge in [-0.3, -0.25) is 4.79 Å². The molecule has 2 heteroatoms. The lowest BCUT2D eigenvalue weighted by Crippen LogP contribution is -2.28. The molecule has 0 aliphatic heterocycles. The Kier molecular flexibility index (Phi) is 1.50. The predicted octanol–water partition coefficient (Wildman–Crippen LogP) is 1.56. The summed E-state index contributed by atoms with van der Waals surface area (Å²) >= 11 is 0. The van der Waals surface area contributed by atoms with Crippen LogP contribution in [0.5, 0.6) is 0 Å². The lowest BCUT2D eigenvalue weighted by Gasteiger charge is -2.01. The van der Waals surface area contributed by atoms with E-state index in [0.717, 1.165) is 17.8 Å². The number of hydrogen-bond donors (Lipinski definition) is 1. The van der Waals surface area contributed by atoms with Crippen molar-refractivity contribution in [3.8, 4) is 0 Å². The van der Waals surface area contributed by atoms with Crippen molar-refractivity contribution < 1.29 is 4.79 Å². The second-order valence-corrected chi connectivity index (χ2v) is 5.17. The minimum atomic E-state index is 0.353. The summed E-state index contributed by atoms with van der Waals surface area (Å²) in [7, 11) is 0. The predicted molar refractivity (Wildman–Crippen MR) is 50.0 cm³/mol. The first-order valence-corrected chi connectivity index (χ1v) is 5.56. The second-order valence-electron chi connectivity index (χ2n) is 5.17. The van der Waals surface area contributed by atoms with Gasteiger partial charge in [0.05, 0.1) is 0 Å². The topological polar surface area (TPSA) is 29.1 Å². The molecule has 1 amide bonds. The molecule has 2 unspecified atom stereocenters. The molecule has 0 heterocycles. The summed E-state index contributed by atoms with van der Waals surface area (Å²) in [6.45, 7) is 2.20. The Bertz CT molecular complexity index is 246. The highest BCUT2D eigenvalue weighted by Crippen LogP contribution is 2.54. The highest BCUT2D eigenvalue weighted by molar-refractivity contribution is 5.82. The van der Waals surface area contributed by atoms with Gasteiger partial charge in [-0.15, -0.1) is 0 Å². The highest BCUT2D eigenvalue weighted by Gasteiger charge is 2.52. The molecule has 4 atom stereocenters. The van der Waals surface area contributed by atoms with Crippen molar-refractivity contribution in [2.45, 2.75) is 38.6 Å². The zero-order chi connectivity index (χ0) is 9.00. The molecule has 0 bridgehead atoms. The molecule has 3 rings (SSSR count). The van der Waals surface area contributed by atoms with Crippen LogP contribution in [0.1, 0.15) is 32.6 Å². The van der Waals surface area contributed by atoms with Crippen LogP contribution in [-0.4, -0.2) is 11.9 Å². The van der Waals surface area contributed by atoms with E-state index in [1.54, 1.807) is 0 Å². The van der Waals surface area contributed by atoms with Gasteiger partial charge in [0, 0.05) is 12.0 Å². The van der Waals surface area contributed by atoms with Crippen molar-refractivity contribution in [3.05, 3.63) is 0 Å². The van der Waals surface area contributed by atoms with E-state index < -0.39 is 0 Å². The van der Waals surface area contributed by atoms with Crippen LogP contribution in [0.25, 0.3) is 0 Å². The van der Waals surface area contributed by atoms with Crippen molar-refractivity contribution >= 4 is 5.91 Å². The minimum absolute atomic E-state index is 0.353. The van der Waals surface area contributed by atoms with E-state index >= 15 is 0 Å². The van der Waals surface area contributed by atoms with Gasteiger partial charge in [0.2, 0.25) is 5.91 Å². The molecule has 0 aromatic carbocycles. The van der Waals surface area contributed by atoms with Crippen LogP contribution in [0, 0.1) is 23.7 Å². The molecule has 0 spiro atoms. The van der Waals surface area contributed by atoms with Crippen LogP contribution in [0.15, 0.2) is 0 Å². The Labute approximate surface area is 79.1 Å². The number of rotatable bonds is 3. The average Bonchev–Trinajstić information content (AvgIpc) is 2.91. The van der Waals surface area contributed by atoms with Gasteiger partial charge in [-0.2, -0.15) is 0 Å². The molecule has 3 saturated carbocycles. The number of hydrogen-bond acceptors (Lipinski definition) is 1. The fourth-order valence-electron chi connectivity index (χ4n) is 2.37. The SMILES string of the molecule is CC1CC1NC(=O)[C@H]1C[C@@H]1C1CC1. The molecule has 1 N–H and O–H groups in total. The Morgan fingerprint density at radius 3 is 2.54 bits per heavy atom. The Morgan fingerprint density at radius 1 is 1.31 bits per heavy atom. The number of amides is 1. The summed E-state index contributed by atoms with van der Waals surface area (Å²) in [6.07, 6.45) is 5.15. The second kappa shape index (κ2) is 2.49. The third-order valence-corrected chi connectivity index (χ3v) is 3.84. The van der Waals surface area contributed by atoms with Gasteiger partial charge in [0.25, 0.3) is 0 Å². The fourth-order valence-corrected chi connectivity index (χ4v) is 2.37. The monoisotopic (exact) mass is 179 g/mol. The van der Waals surface area contributed by atoms with E-state index in [1.807, 2.05) is 0 Å². The summed E-state index contributed by atoms with van der Waals surface area (Å²) in [5.41, 5.74) is 0. The first kappa shape index (κ1) is 7.84. The molecule has 0 saturated heterocycles. The summed E-state index contributed by atoms with van der Waals surface area (Å²) < 4.78 is 0. The molecule has 72 valence electrons. The Balaban J connectivity index is 1.47. The van der Waals surface area contributed by atoms with Crippen LogP contribution in [0.3, 0.4) is 0 Å². The normalized spacial score (nSPS) is 47.2. The van der Waals surface area contributed by atoms with E-state index in [-0.39, 0.29) is 0 Å². The van der Waals surface area contributed by atoms with Crippen LogP contribution < -0.4 is 5.32 Å². The van der Waals surface area contributed by atoms with Gasteiger partial charge in [-0.05, 0) is 43.4 Å². The summed E-state index contributed by atoms with van der Waals surface area (Å²) in [5, 5.41) is 3.14. The van der Waals surface area contributed by atoms with Crippen molar-refractivity contribution in [3.63, 3.8) is 0 Å². The molecular weight excluding hydrogens is 162 g/mol. The van der Waals surface area contributed by atoms with E-state index in [1.165, 1.54) is 25.7 Å². The average molecular weight is 179 g/mol. The van der Waals surface area contributed by atoms with Crippen LogP contribution in [-0.2, 0) is 4.79 Å². The molecule has 13 heavy (non-hydrogen) atoms. The third-order valence-electron chi connectivity index (χ3n) is 3.84. The molecule has 3 aliphatic rings. The number of carbonyl (C=O) groups excluding carboxylic acids is 1. The number of nitrogens with one attached hydrogen (secondary N) is 1. The van der Waals surface area contributed by atoms with E-state index in [2.05, 4.69) is 12.2 Å². The van der Waals surface area contributed by atoms with Crippen LogP contribution in [0.4, 0.5) is 0 Å². The molecular formula is C11H17NO. The molecule has 3 aliphatic carbocycles. The summed E-state index contributed by atoms with van der Waals surface area (Å²) in [6, 6.07) is 0.521. The van der Waals surface area contributed by atoms with Crippen LogP contribution in [0.2, 0.25) is 0 Å². The smallest absolute Gasteiger partial charge is 0.223 e. The van der Waals surface area contributed by atoms with E-state index in [0.29, 0.717) is 17.9 Å². The van der Waals surface area contributed by atoms with Crippen molar-refractivity contribution in [1.29, 1.82) is 0 Å². The third kappa shape index (κ3) is 1.47. The van der Waals surface area contributed by atoms with Crippen LogP contribution >= 0.6 is 0 Å². The largest absolute Gasteiger partial charge is 0.353 e. The van der Waals surface area contributed by atoms with Gasteiger partial charge in [0.15, 0.2) is 0 Å². The van der Waals surface area contributed by atoms with Gasteiger partial charge >= 0.3 is 0 Å². The first-order chi connectivity index (χ1) is 6.25. The molecule has 3 fully saturated rings. The van der Waals surface area contributed by atoms with Crippen molar-refractivity contribution in [2.75, 3.05) is 0 Å². The summed E-state index contributed by atoms with van der Waals surface area (Å²) in [4.78, 5) is 11.6. The highest BCUT2D eigenvalue weighted by atomic mass is 16.2. The zero-order valence-corrected chi connectivity index (χ0v) is 8.12. The lowest BCUT2D eigenvalue weighted by atomic mass is 10.2. The molecule has 0 aromatic rings.